The van der Waals surface area contributed by atoms with Crippen LogP contribution in [0.25, 0.3) is 0 Å². The minimum absolute atomic E-state index is 0.000171. The van der Waals surface area contributed by atoms with E-state index in [2.05, 4.69) is 31.1 Å². The van der Waals surface area contributed by atoms with Crippen LogP contribution in [0.5, 0.6) is 0 Å². The molecule has 1 atom stereocenters. The molecular formula is C16H22N2O2S. The summed E-state index contributed by atoms with van der Waals surface area (Å²) in [4.78, 5) is 16.6. The van der Waals surface area contributed by atoms with Crippen LogP contribution in [-0.2, 0) is 23.1 Å². The molecule has 1 N–H and O–H groups in total. The number of rotatable bonds is 5. The van der Waals surface area contributed by atoms with Crippen molar-refractivity contribution in [2.45, 2.75) is 52.0 Å². The summed E-state index contributed by atoms with van der Waals surface area (Å²) in [5.41, 5.74) is 0.874. The van der Waals surface area contributed by atoms with Gasteiger partial charge in [-0.05, 0) is 19.1 Å². The van der Waals surface area contributed by atoms with Crippen molar-refractivity contribution < 1.29 is 9.21 Å². The van der Waals surface area contributed by atoms with Gasteiger partial charge in [0, 0.05) is 23.3 Å². The highest BCUT2D eigenvalue weighted by Crippen LogP contribution is 2.25. The van der Waals surface area contributed by atoms with Gasteiger partial charge in [0.05, 0.1) is 23.4 Å². The number of nitrogens with zero attached hydrogens (tertiary/aromatic N) is 1. The average molecular weight is 306 g/mol. The fourth-order valence-corrected chi connectivity index (χ4v) is 2.91. The van der Waals surface area contributed by atoms with Gasteiger partial charge in [0.25, 0.3) is 0 Å². The molecule has 21 heavy (non-hydrogen) atoms. The maximum absolute atomic E-state index is 12.0. The van der Waals surface area contributed by atoms with Crippen LogP contribution in [0.4, 0.5) is 0 Å². The zero-order valence-corrected chi connectivity index (χ0v) is 13.8. The molecule has 0 saturated carbocycles. The maximum Gasteiger partial charge on any atom is 0.226 e. The highest BCUT2D eigenvalue weighted by Gasteiger charge is 2.19. The van der Waals surface area contributed by atoms with Crippen LogP contribution in [0, 0.1) is 0 Å². The van der Waals surface area contributed by atoms with Gasteiger partial charge >= 0.3 is 0 Å². The third kappa shape index (κ3) is 4.70. The zero-order valence-electron chi connectivity index (χ0n) is 13.0. The van der Waals surface area contributed by atoms with Crippen LogP contribution in [-0.4, -0.2) is 16.9 Å². The van der Waals surface area contributed by atoms with Crippen molar-refractivity contribution in [3.8, 4) is 0 Å². The van der Waals surface area contributed by atoms with Crippen molar-refractivity contribution in [2.75, 3.05) is 0 Å². The molecule has 114 valence electrons. The molecule has 0 aliphatic carbocycles. The highest BCUT2D eigenvalue weighted by atomic mass is 32.1. The predicted molar refractivity (Wildman–Crippen MR) is 84.5 cm³/mol. The monoisotopic (exact) mass is 306 g/mol. The van der Waals surface area contributed by atoms with Gasteiger partial charge in [-0.15, -0.1) is 11.3 Å². The Balaban J connectivity index is 1.85. The summed E-state index contributed by atoms with van der Waals surface area (Å²) in [6, 6.07) is 3.82. The first-order valence-corrected chi connectivity index (χ1v) is 7.99. The molecule has 0 fully saturated rings. The molecule has 5 heteroatoms. The van der Waals surface area contributed by atoms with Gasteiger partial charge in [0.2, 0.25) is 5.91 Å². The van der Waals surface area contributed by atoms with Crippen molar-refractivity contribution in [2.24, 2.45) is 0 Å². The molecule has 0 aliphatic rings. The molecule has 0 saturated heterocycles. The third-order valence-electron chi connectivity index (χ3n) is 3.03. The molecule has 4 nitrogen and oxygen atoms in total. The Morgan fingerprint density at radius 2 is 2.24 bits per heavy atom. The van der Waals surface area contributed by atoms with E-state index in [1.807, 2.05) is 24.4 Å². The Morgan fingerprint density at radius 3 is 2.81 bits per heavy atom. The molecule has 2 rings (SSSR count). The summed E-state index contributed by atoms with van der Waals surface area (Å²) in [6.45, 7) is 8.35. The SMILES string of the molecule is CC(Cc1ccco1)NC(=O)Cc1csc(C(C)(C)C)n1. The van der Waals surface area contributed by atoms with Crippen molar-refractivity contribution in [1.29, 1.82) is 0 Å². The molecule has 2 aromatic heterocycles. The standard InChI is InChI=1S/C16H22N2O2S/c1-11(8-13-6-5-7-20-13)17-14(19)9-12-10-21-15(18-12)16(2,3)4/h5-7,10-11H,8-9H2,1-4H3,(H,17,19). The molecule has 0 radical (unpaired) electrons. The first kappa shape index (κ1) is 15.8. The van der Waals surface area contributed by atoms with Gasteiger partial charge in [-0.1, -0.05) is 20.8 Å². The highest BCUT2D eigenvalue weighted by molar-refractivity contribution is 7.09. The van der Waals surface area contributed by atoms with E-state index in [9.17, 15) is 4.79 Å². The molecule has 0 bridgehead atoms. The van der Waals surface area contributed by atoms with E-state index in [0.29, 0.717) is 12.8 Å². The smallest absolute Gasteiger partial charge is 0.226 e. The second kappa shape index (κ2) is 6.43. The number of aromatic nitrogens is 1. The maximum atomic E-state index is 12.0. The molecule has 1 unspecified atom stereocenters. The number of hydrogen-bond donors (Lipinski definition) is 1. The quantitative estimate of drug-likeness (QED) is 0.922. The van der Waals surface area contributed by atoms with E-state index in [-0.39, 0.29) is 17.4 Å². The van der Waals surface area contributed by atoms with E-state index in [1.165, 1.54) is 0 Å². The number of carbonyl (C=O) groups excluding carboxylic acids is 1. The third-order valence-corrected chi connectivity index (χ3v) is 4.35. The van der Waals surface area contributed by atoms with Crippen molar-refractivity contribution >= 4 is 17.2 Å². The Morgan fingerprint density at radius 1 is 1.48 bits per heavy atom. The lowest BCUT2D eigenvalue weighted by molar-refractivity contribution is -0.121. The van der Waals surface area contributed by atoms with Gasteiger partial charge in [-0.2, -0.15) is 0 Å². The topological polar surface area (TPSA) is 55.1 Å². The largest absolute Gasteiger partial charge is 0.469 e. The Labute approximate surface area is 129 Å². The zero-order chi connectivity index (χ0) is 15.5. The van der Waals surface area contributed by atoms with Crippen molar-refractivity contribution in [3.05, 3.63) is 40.2 Å². The van der Waals surface area contributed by atoms with Crippen LogP contribution in [0.3, 0.4) is 0 Å². The molecule has 2 heterocycles. The molecule has 0 spiro atoms. The number of hydrogen-bond acceptors (Lipinski definition) is 4. The molecule has 2 aromatic rings. The second-order valence-electron chi connectivity index (χ2n) is 6.32. The van der Waals surface area contributed by atoms with Gasteiger partial charge in [-0.25, -0.2) is 4.98 Å². The van der Waals surface area contributed by atoms with Crippen LogP contribution in [0.1, 0.15) is 44.2 Å². The summed E-state index contributed by atoms with van der Waals surface area (Å²) in [5.74, 6) is 0.881. The Hall–Kier alpha value is -1.62. The summed E-state index contributed by atoms with van der Waals surface area (Å²) in [5, 5.41) is 6.01. The summed E-state index contributed by atoms with van der Waals surface area (Å²) in [7, 11) is 0. The average Bonchev–Trinajstić information content (AvgIpc) is 2.98. The first-order chi connectivity index (χ1) is 9.84. The van der Waals surface area contributed by atoms with Gasteiger partial charge in [0.15, 0.2) is 0 Å². The summed E-state index contributed by atoms with van der Waals surface area (Å²) in [6.07, 6.45) is 2.67. The van der Waals surface area contributed by atoms with Gasteiger partial charge < -0.3 is 9.73 Å². The van der Waals surface area contributed by atoms with Crippen LogP contribution >= 0.6 is 11.3 Å². The van der Waals surface area contributed by atoms with Crippen molar-refractivity contribution in [1.82, 2.24) is 10.3 Å². The molecule has 0 aliphatic heterocycles. The Kier molecular flexibility index (Phi) is 4.83. The van der Waals surface area contributed by atoms with E-state index < -0.39 is 0 Å². The Bertz CT molecular complexity index is 582. The number of thiazole rings is 1. The molecule has 0 aromatic carbocycles. The van der Waals surface area contributed by atoms with E-state index in [4.69, 9.17) is 4.42 Å². The lowest BCUT2D eigenvalue weighted by Gasteiger charge is -2.14. The van der Waals surface area contributed by atoms with E-state index in [1.54, 1.807) is 17.6 Å². The fraction of sp³-hybridized carbons (Fsp3) is 0.500. The van der Waals surface area contributed by atoms with Crippen LogP contribution in [0.2, 0.25) is 0 Å². The van der Waals surface area contributed by atoms with Gasteiger partial charge in [-0.3, -0.25) is 4.79 Å². The second-order valence-corrected chi connectivity index (χ2v) is 7.18. The minimum atomic E-state index is -0.000171. The number of furan rings is 1. The fourth-order valence-electron chi connectivity index (χ4n) is 2.00. The number of amides is 1. The number of carbonyl (C=O) groups is 1. The predicted octanol–water partition coefficient (Wildman–Crippen LogP) is 3.32. The minimum Gasteiger partial charge on any atom is -0.469 e. The molecule has 1 amide bonds. The lowest BCUT2D eigenvalue weighted by Crippen LogP contribution is -2.35. The van der Waals surface area contributed by atoms with E-state index >= 15 is 0 Å². The van der Waals surface area contributed by atoms with Crippen LogP contribution in [0.15, 0.2) is 28.2 Å². The van der Waals surface area contributed by atoms with Gasteiger partial charge in [0.1, 0.15) is 5.76 Å². The van der Waals surface area contributed by atoms with Crippen LogP contribution < -0.4 is 5.32 Å². The number of nitrogens with one attached hydrogen (secondary N) is 1. The normalized spacial score (nSPS) is 13.1. The lowest BCUT2D eigenvalue weighted by atomic mass is 9.98. The van der Waals surface area contributed by atoms with Crippen molar-refractivity contribution in [3.63, 3.8) is 0 Å². The molecular weight excluding hydrogens is 284 g/mol. The summed E-state index contributed by atoms with van der Waals surface area (Å²) >= 11 is 1.62. The van der Waals surface area contributed by atoms with E-state index in [0.717, 1.165) is 16.5 Å². The summed E-state index contributed by atoms with van der Waals surface area (Å²) < 4.78 is 5.28. The first-order valence-electron chi connectivity index (χ1n) is 7.11.